The van der Waals surface area contributed by atoms with Gasteiger partial charge in [0, 0.05) is 30.3 Å². The Morgan fingerprint density at radius 3 is 2.23 bits per heavy atom. The summed E-state index contributed by atoms with van der Waals surface area (Å²) in [5.74, 6) is 0.475. The summed E-state index contributed by atoms with van der Waals surface area (Å²) in [4.78, 5) is 40.6. The van der Waals surface area contributed by atoms with Crippen molar-refractivity contribution in [2.24, 2.45) is 45.8 Å². The van der Waals surface area contributed by atoms with Crippen LogP contribution in [0.2, 0.25) is 0 Å². The number of rotatable bonds is 10. The zero-order valence-corrected chi connectivity index (χ0v) is 33.1. The Kier molecular flexibility index (Phi) is 11.5. The van der Waals surface area contributed by atoms with Gasteiger partial charge in [-0.1, -0.05) is 33.8 Å². The van der Waals surface area contributed by atoms with Crippen LogP contribution in [0.3, 0.4) is 0 Å². The molecule has 316 valence electrons. The average Bonchev–Trinajstić information content (AvgIpc) is 3.57. The van der Waals surface area contributed by atoms with E-state index in [2.05, 4.69) is 20.8 Å². The molecular weight excluding hydrogens is 732 g/mol. The lowest BCUT2D eigenvalue weighted by Gasteiger charge is -2.64. The Labute approximate surface area is 327 Å². The van der Waals surface area contributed by atoms with E-state index >= 15 is 0 Å². The van der Waals surface area contributed by atoms with E-state index in [0.717, 1.165) is 38.5 Å². The van der Waals surface area contributed by atoms with E-state index < -0.39 is 91.6 Å². The maximum absolute atomic E-state index is 14.6. The average molecular weight is 795 g/mol. The lowest BCUT2D eigenvalue weighted by molar-refractivity contribution is -0.326. The van der Waals surface area contributed by atoms with Gasteiger partial charge in [-0.05, 0) is 80.5 Å². The normalized spacial score (nSPS) is 50.9. The fourth-order valence-corrected chi connectivity index (χ4v) is 12.8. The van der Waals surface area contributed by atoms with Gasteiger partial charge in [0.25, 0.3) is 0 Å². The molecule has 0 unspecified atom stereocenters. The summed E-state index contributed by atoms with van der Waals surface area (Å²) >= 11 is 0. The first-order valence-electron chi connectivity index (χ1n) is 20.6. The van der Waals surface area contributed by atoms with E-state index in [1.54, 1.807) is 13.0 Å². The van der Waals surface area contributed by atoms with Crippen LogP contribution in [-0.2, 0) is 38.1 Å². The van der Waals surface area contributed by atoms with Crippen LogP contribution < -0.4 is 0 Å². The second kappa shape index (κ2) is 15.3. The quantitative estimate of drug-likeness (QED) is 0.119. The third-order valence-electron chi connectivity index (χ3n) is 16.3. The zero-order valence-electron chi connectivity index (χ0n) is 33.1. The molecule has 0 aromatic carbocycles. The number of aliphatic hydroxyl groups is 7. The Morgan fingerprint density at radius 1 is 0.875 bits per heavy atom. The van der Waals surface area contributed by atoms with Crippen LogP contribution in [0, 0.1) is 45.8 Å². The van der Waals surface area contributed by atoms with Gasteiger partial charge >= 0.3 is 5.97 Å². The summed E-state index contributed by atoms with van der Waals surface area (Å²) in [6.45, 7) is 9.74. The predicted molar refractivity (Wildman–Crippen MR) is 194 cm³/mol. The van der Waals surface area contributed by atoms with Crippen LogP contribution in [0.25, 0.3) is 0 Å². The number of esters is 1. The molecule has 19 atom stereocenters. The molecule has 2 bridgehead atoms. The summed E-state index contributed by atoms with van der Waals surface area (Å²) in [7, 11) is 0. The van der Waals surface area contributed by atoms with Gasteiger partial charge in [-0.2, -0.15) is 0 Å². The molecule has 1 spiro atoms. The smallest absolute Gasteiger partial charge is 0.335 e. The van der Waals surface area contributed by atoms with Crippen molar-refractivity contribution >= 4 is 17.5 Å². The molecule has 7 fully saturated rings. The predicted octanol–water partition coefficient (Wildman–Crippen LogP) is 0.692. The molecule has 15 nitrogen and oxygen atoms in total. The largest absolute Gasteiger partial charge is 0.429 e. The van der Waals surface area contributed by atoms with Gasteiger partial charge in [0.1, 0.15) is 60.4 Å². The van der Waals surface area contributed by atoms with Crippen molar-refractivity contribution in [3.05, 3.63) is 11.6 Å². The van der Waals surface area contributed by atoms with Crippen molar-refractivity contribution in [2.75, 3.05) is 19.8 Å². The maximum atomic E-state index is 14.6. The minimum Gasteiger partial charge on any atom is -0.429 e. The summed E-state index contributed by atoms with van der Waals surface area (Å²) in [6.07, 6.45) is -7.46. The van der Waals surface area contributed by atoms with Crippen LogP contribution in [0.1, 0.15) is 92.4 Å². The summed E-state index contributed by atoms with van der Waals surface area (Å²) < 4.78 is 28.4. The second-order valence-electron chi connectivity index (χ2n) is 18.6. The molecule has 4 aliphatic carbocycles. The van der Waals surface area contributed by atoms with Crippen LogP contribution >= 0.6 is 0 Å². The number of hydrogen-bond donors (Lipinski definition) is 7. The van der Waals surface area contributed by atoms with Gasteiger partial charge in [0.05, 0.1) is 30.8 Å². The molecular formula is C41H62O15. The molecule has 7 aliphatic rings. The lowest BCUT2D eigenvalue weighted by atomic mass is 9.37. The third-order valence-corrected chi connectivity index (χ3v) is 16.3. The number of hydrogen-bond acceptors (Lipinski definition) is 15. The second-order valence-corrected chi connectivity index (χ2v) is 18.6. The summed E-state index contributed by atoms with van der Waals surface area (Å²) in [6, 6.07) is 0. The summed E-state index contributed by atoms with van der Waals surface area (Å²) in [5, 5.41) is 71.4. The van der Waals surface area contributed by atoms with Gasteiger partial charge in [0.2, 0.25) is 6.29 Å². The highest BCUT2D eigenvalue weighted by atomic mass is 16.7. The molecule has 4 saturated carbocycles. The standard InChI is InChI=1S/C41H62O15/c1-19(22-11-13-38(4)26-12-14-41-21(3)23(43)9-10-27(41)40(26,18-53-41)28(44)15-39(22,38)5)7-6-8-20(2)35(51)56-37-34(50)32(48)30(46)25(55-37)17-52-36-33(49)31(47)29(45)24(16-42)54-36/h8,19,21-22,24-27,29-34,36-37,42,45-50H,6-7,9-18H2,1-5H3/b20-8+/t19-,21-,22-,24-,25-,26+,27+,29-,30-,31+,32+,33-,34-,36-,37+,38+,39-,40-,41+/m1/s1. The number of Topliss-reactive ketones (excluding diaryl/α,β-unsaturated/α-hetero) is 2. The van der Waals surface area contributed by atoms with E-state index in [-0.39, 0.29) is 45.9 Å². The van der Waals surface area contributed by atoms with Gasteiger partial charge < -0.3 is 59.4 Å². The van der Waals surface area contributed by atoms with Gasteiger partial charge in [0.15, 0.2) is 6.29 Å². The van der Waals surface area contributed by atoms with E-state index in [1.165, 1.54) is 0 Å². The fraction of sp³-hybridized carbons (Fsp3) is 0.878. The van der Waals surface area contributed by atoms with E-state index in [0.29, 0.717) is 37.6 Å². The van der Waals surface area contributed by atoms with Gasteiger partial charge in [-0.3, -0.25) is 9.59 Å². The molecule has 3 aliphatic heterocycles. The Hall–Kier alpha value is -1.89. The lowest BCUT2D eigenvalue weighted by Crippen LogP contribution is -2.66. The topological polar surface area (TPSA) is 239 Å². The number of fused-ring (bicyclic) bond motifs is 2. The highest BCUT2D eigenvalue weighted by molar-refractivity contribution is 5.90. The molecule has 0 radical (unpaired) electrons. The number of carbonyl (C=O) groups is 3. The van der Waals surface area contributed by atoms with Crippen LogP contribution in [0.5, 0.6) is 0 Å². The summed E-state index contributed by atoms with van der Waals surface area (Å²) in [5.41, 5.74) is -0.999. The maximum Gasteiger partial charge on any atom is 0.335 e. The monoisotopic (exact) mass is 794 g/mol. The molecule has 0 amide bonds. The molecule has 15 heteroatoms. The first kappa shape index (κ1) is 42.2. The van der Waals surface area contributed by atoms with Gasteiger partial charge in [-0.25, -0.2) is 4.79 Å². The minimum atomic E-state index is -1.79. The Balaban J connectivity index is 0.951. The van der Waals surface area contributed by atoms with E-state index in [9.17, 15) is 50.1 Å². The SMILES string of the molecule is C/C(=C\CC[C@@H](C)[C@H]1CC[C@@]2(C)[C@@H]3CC[C@@]45OC[C@]3(C(=O)C[C@]12C)[C@@H]4CCC(=O)[C@H]5C)C(=O)O[C@@H]1O[C@H](CO[C@@H]2O[C@H](CO)[C@@H](O)[C@H](O)[C@H]2O)[C@@H](O)[C@H](O)[C@H]1O. The Morgan fingerprint density at radius 2 is 1.54 bits per heavy atom. The Bertz CT molecular complexity index is 1550. The highest BCUT2D eigenvalue weighted by Gasteiger charge is 2.77. The van der Waals surface area contributed by atoms with Crippen molar-refractivity contribution in [3.8, 4) is 0 Å². The molecule has 0 aromatic rings. The van der Waals surface area contributed by atoms with Crippen LogP contribution in [0.4, 0.5) is 0 Å². The first-order valence-corrected chi connectivity index (χ1v) is 20.6. The van der Waals surface area contributed by atoms with Crippen molar-refractivity contribution in [1.29, 1.82) is 0 Å². The minimum absolute atomic E-state index is 0.0450. The first-order chi connectivity index (χ1) is 26.4. The molecule has 0 aromatic heterocycles. The van der Waals surface area contributed by atoms with Crippen LogP contribution in [0.15, 0.2) is 11.6 Å². The number of ether oxygens (including phenoxy) is 5. The van der Waals surface area contributed by atoms with Crippen LogP contribution in [-0.4, -0.2) is 140 Å². The van der Waals surface area contributed by atoms with Gasteiger partial charge in [-0.15, -0.1) is 0 Å². The van der Waals surface area contributed by atoms with Crippen molar-refractivity contribution in [1.82, 2.24) is 0 Å². The van der Waals surface area contributed by atoms with E-state index in [1.807, 2.05) is 6.92 Å². The number of allylic oxidation sites excluding steroid dienone is 1. The number of ketones is 2. The fourth-order valence-electron chi connectivity index (χ4n) is 12.8. The zero-order chi connectivity index (χ0) is 40.7. The molecule has 7 rings (SSSR count). The molecule has 7 N–H and O–H groups in total. The number of aliphatic hydroxyl groups excluding tert-OH is 7. The molecule has 3 heterocycles. The van der Waals surface area contributed by atoms with Crippen molar-refractivity contribution in [3.63, 3.8) is 0 Å². The molecule has 56 heavy (non-hydrogen) atoms. The van der Waals surface area contributed by atoms with Crippen molar-refractivity contribution in [2.45, 2.75) is 159 Å². The third kappa shape index (κ3) is 6.29. The van der Waals surface area contributed by atoms with Crippen molar-refractivity contribution < 1.29 is 73.8 Å². The highest BCUT2D eigenvalue weighted by Crippen LogP contribution is 2.76. The molecule has 3 saturated heterocycles. The van der Waals surface area contributed by atoms with E-state index in [4.69, 9.17) is 23.7 Å². The number of carbonyl (C=O) groups excluding carboxylic acids is 3.